The van der Waals surface area contributed by atoms with Crippen LogP contribution in [-0.4, -0.2) is 12.6 Å². The molecule has 19 heavy (non-hydrogen) atoms. The van der Waals surface area contributed by atoms with E-state index in [2.05, 4.69) is 10.6 Å². The van der Waals surface area contributed by atoms with Crippen LogP contribution < -0.4 is 10.6 Å². The van der Waals surface area contributed by atoms with Gasteiger partial charge in [0.2, 0.25) is 0 Å². The Morgan fingerprint density at radius 3 is 2.47 bits per heavy atom. The average Bonchev–Trinajstić information content (AvgIpc) is 2.42. The van der Waals surface area contributed by atoms with E-state index < -0.39 is 0 Å². The molecule has 2 N–H and O–H groups in total. The van der Waals surface area contributed by atoms with Gasteiger partial charge in [0.15, 0.2) is 0 Å². The van der Waals surface area contributed by atoms with Gasteiger partial charge in [-0.2, -0.15) is 0 Å². The van der Waals surface area contributed by atoms with Crippen molar-refractivity contribution in [3.05, 3.63) is 54.6 Å². The van der Waals surface area contributed by atoms with Gasteiger partial charge < -0.3 is 10.6 Å². The van der Waals surface area contributed by atoms with Gasteiger partial charge in [0, 0.05) is 16.3 Å². The Kier molecular flexibility index (Phi) is 4.86. The number of nitrogens with one attached hydrogen (secondary N) is 2. The smallest absolute Gasteiger partial charge is 0.319 e. The quantitative estimate of drug-likeness (QED) is 0.884. The lowest BCUT2D eigenvalue weighted by molar-refractivity contribution is 0.252. The second kappa shape index (κ2) is 6.85. The predicted octanol–water partition coefficient (Wildman–Crippen LogP) is 3.98. The largest absolute Gasteiger partial charge is 0.338 e. The molecule has 98 valence electrons. The van der Waals surface area contributed by atoms with Crippen LogP contribution in [0.4, 0.5) is 10.5 Å². The molecule has 0 aliphatic heterocycles. The Balaban J connectivity index is 2.14. The molecule has 2 aromatic carbocycles. The number of benzene rings is 2. The summed E-state index contributed by atoms with van der Waals surface area (Å²) in [5.74, 6) is 0. The van der Waals surface area contributed by atoms with E-state index >= 15 is 0 Å². The van der Waals surface area contributed by atoms with E-state index in [0.29, 0.717) is 6.54 Å². The third kappa shape index (κ3) is 4.03. The van der Waals surface area contributed by atoms with Crippen molar-refractivity contribution in [2.24, 2.45) is 0 Å². The summed E-state index contributed by atoms with van der Waals surface area (Å²) in [7, 11) is 0. The number of hydrogen-bond donors (Lipinski definition) is 2. The summed E-state index contributed by atoms with van der Waals surface area (Å²) in [6, 6.07) is 17.7. The molecule has 0 aliphatic carbocycles. The fourth-order valence-corrected chi connectivity index (χ4v) is 2.52. The second-order valence-electron chi connectivity index (χ2n) is 3.90. The van der Waals surface area contributed by atoms with Crippen molar-refractivity contribution in [3.8, 4) is 0 Å². The topological polar surface area (TPSA) is 41.1 Å². The van der Waals surface area contributed by atoms with E-state index in [1.54, 1.807) is 11.8 Å². The zero-order valence-corrected chi connectivity index (χ0v) is 11.5. The average molecular weight is 272 g/mol. The number of hydrogen-bond acceptors (Lipinski definition) is 2. The van der Waals surface area contributed by atoms with E-state index in [9.17, 15) is 4.79 Å². The van der Waals surface area contributed by atoms with Gasteiger partial charge in [-0.25, -0.2) is 4.79 Å². The number of para-hydroxylation sites is 1. The highest BCUT2D eigenvalue weighted by molar-refractivity contribution is 7.99. The fourth-order valence-electron chi connectivity index (χ4n) is 1.60. The van der Waals surface area contributed by atoms with E-state index in [-0.39, 0.29) is 6.03 Å². The second-order valence-corrected chi connectivity index (χ2v) is 5.01. The molecule has 0 aliphatic rings. The summed E-state index contributed by atoms with van der Waals surface area (Å²) in [6.45, 7) is 2.50. The first-order valence-electron chi connectivity index (χ1n) is 6.16. The third-order valence-corrected chi connectivity index (χ3v) is 3.53. The molecule has 4 heteroatoms. The van der Waals surface area contributed by atoms with E-state index in [4.69, 9.17) is 0 Å². The molecule has 0 aromatic heterocycles. The fraction of sp³-hybridized carbons (Fsp3) is 0.133. The van der Waals surface area contributed by atoms with Gasteiger partial charge in [0.25, 0.3) is 0 Å². The van der Waals surface area contributed by atoms with Gasteiger partial charge in [0.1, 0.15) is 0 Å². The monoisotopic (exact) mass is 272 g/mol. The van der Waals surface area contributed by atoms with Crippen molar-refractivity contribution in [1.82, 2.24) is 5.32 Å². The van der Waals surface area contributed by atoms with Crippen molar-refractivity contribution in [2.45, 2.75) is 16.7 Å². The van der Waals surface area contributed by atoms with Crippen molar-refractivity contribution in [3.63, 3.8) is 0 Å². The van der Waals surface area contributed by atoms with Crippen molar-refractivity contribution in [2.75, 3.05) is 11.9 Å². The lowest BCUT2D eigenvalue weighted by atomic mass is 10.3. The minimum absolute atomic E-state index is 0.177. The van der Waals surface area contributed by atoms with Gasteiger partial charge in [-0.3, -0.25) is 0 Å². The molecule has 3 nitrogen and oxygen atoms in total. The van der Waals surface area contributed by atoms with E-state index in [1.165, 1.54) is 0 Å². The summed E-state index contributed by atoms with van der Waals surface area (Å²) in [5, 5.41) is 5.59. The number of carbonyl (C=O) groups excluding carboxylic acids is 1. The summed E-state index contributed by atoms with van der Waals surface area (Å²) >= 11 is 1.63. The third-order valence-electron chi connectivity index (χ3n) is 2.44. The molecular formula is C15H16N2OS. The number of amides is 2. The lowest BCUT2D eigenvalue weighted by Crippen LogP contribution is -2.28. The maximum Gasteiger partial charge on any atom is 0.319 e. The number of anilines is 1. The minimum Gasteiger partial charge on any atom is -0.338 e. The Bertz CT molecular complexity index is 543. The zero-order chi connectivity index (χ0) is 13.5. The highest BCUT2D eigenvalue weighted by atomic mass is 32.2. The van der Waals surface area contributed by atoms with Crippen LogP contribution >= 0.6 is 11.8 Å². The Morgan fingerprint density at radius 1 is 1.05 bits per heavy atom. The maximum absolute atomic E-state index is 11.6. The van der Waals surface area contributed by atoms with Crippen LogP contribution in [-0.2, 0) is 0 Å². The zero-order valence-electron chi connectivity index (χ0n) is 10.7. The van der Waals surface area contributed by atoms with Crippen LogP contribution in [0.1, 0.15) is 6.92 Å². The Morgan fingerprint density at radius 2 is 1.74 bits per heavy atom. The lowest BCUT2D eigenvalue weighted by Gasteiger charge is -2.10. The minimum atomic E-state index is -0.177. The van der Waals surface area contributed by atoms with Crippen LogP contribution in [0.3, 0.4) is 0 Å². The highest BCUT2D eigenvalue weighted by Crippen LogP contribution is 2.32. The SMILES string of the molecule is CCNC(=O)Nc1ccccc1Sc1ccccc1. The van der Waals surface area contributed by atoms with Crippen LogP contribution in [0.15, 0.2) is 64.4 Å². The molecule has 0 spiro atoms. The summed E-state index contributed by atoms with van der Waals surface area (Å²) < 4.78 is 0. The molecule has 0 radical (unpaired) electrons. The van der Waals surface area contributed by atoms with Gasteiger partial charge in [-0.15, -0.1) is 0 Å². The summed E-state index contributed by atoms with van der Waals surface area (Å²) in [6.07, 6.45) is 0. The first-order valence-corrected chi connectivity index (χ1v) is 6.98. The predicted molar refractivity (Wildman–Crippen MR) is 79.7 cm³/mol. The van der Waals surface area contributed by atoms with Gasteiger partial charge >= 0.3 is 6.03 Å². The van der Waals surface area contributed by atoms with Crippen LogP contribution in [0.5, 0.6) is 0 Å². The molecule has 0 unspecified atom stereocenters. The molecule has 2 amide bonds. The van der Waals surface area contributed by atoms with E-state index in [0.717, 1.165) is 15.5 Å². The Labute approximate surface area is 117 Å². The first-order chi connectivity index (χ1) is 9.29. The first kappa shape index (κ1) is 13.5. The van der Waals surface area contributed by atoms with Crippen molar-refractivity contribution < 1.29 is 4.79 Å². The molecule has 2 aromatic rings. The molecule has 0 saturated heterocycles. The highest BCUT2D eigenvalue weighted by Gasteiger charge is 2.06. The standard InChI is InChI=1S/C15H16N2OS/c1-2-16-15(18)17-13-10-6-7-11-14(13)19-12-8-4-3-5-9-12/h3-11H,2H2,1H3,(H2,16,17,18). The normalized spacial score (nSPS) is 9.95. The van der Waals surface area contributed by atoms with Gasteiger partial charge in [-0.05, 0) is 31.2 Å². The molecule has 0 bridgehead atoms. The summed E-state index contributed by atoms with van der Waals surface area (Å²) in [5.41, 5.74) is 0.822. The number of urea groups is 1. The van der Waals surface area contributed by atoms with Gasteiger partial charge in [-0.1, -0.05) is 42.1 Å². The van der Waals surface area contributed by atoms with Crippen LogP contribution in [0.2, 0.25) is 0 Å². The van der Waals surface area contributed by atoms with Crippen LogP contribution in [0, 0.1) is 0 Å². The van der Waals surface area contributed by atoms with Crippen molar-refractivity contribution >= 4 is 23.5 Å². The molecule has 0 heterocycles. The van der Waals surface area contributed by atoms with Gasteiger partial charge in [0.05, 0.1) is 5.69 Å². The molecular weight excluding hydrogens is 256 g/mol. The maximum atomic E-state index is 11.6. The Hall–Kier alpha value is -1.94. The molecule has 0 saturated carbocycles. The number of rotatable bonds is 4. The van der Waals surface area contributed by atoms with E-state index in [1.807, 2.05) is 61.5 Å². The van der Waals surface area contributed by atoms with Crippen molar-refractivity contribution in [1.29, 1.82) is 0 Å². The summed E-state index contributed by atoms with van der Waals surface area (Å²) in [4.78, 5) is 13.8. The molecule has 0 fully saturated rings. The number of carbonyl (C=O) groups is 1. The molecule has 0 atom stereocenters. The molecule has 2 rings (SSSR count). The van der Waals surface area contributed by atoms with Crippen LogP contribution in [0.25, 0.3) is 0 Å².